The topological polar surface area (TPSA) is 61.8 Å². The first-order chi connectivity index (χ1) is 12.7. The van der Waals surface area contributed by atoms with Crippen molar-refractivity contribution in [2.75, 3.05) is 51.1 Å². The Morgan fingerprint density at radius 1 is 1.48 bits per heavy atom. The van der Waals surface area contributed by atoms with Gasteiger partial charge in [0.05, 0.1) is 0 Å². The fraction of sp³-hybridized carbons (Fsp3) is 0.667. The van der Waals surface area contributed by atoms with E-state index in [0.717, 1.165) is 58.1 Å². The van der Waals surface area contributed by atoms with E-state index < -0.39 is 0 Å². The molecule has 3 heterocycles. The van der Waals surface area contributed by atoms with Gasteiger partial charge in [-0.1, -0.05) is 0 Å². The van der Waals surface area contributed by atoms with E-state index in [9.17, 15) is 4.39 Å². The highest BCUT2D eigenvalue weighted by Crippen LogP contribution is 2.33. The smallest absolute Gasteiger partial charge is 0.191 e. The molecule has 2 aliphatic rings. The minimum atomic E-state index is -0.267. The molecule has 1 unspecified atom stereocenters. The first-order valence-corrected chi connectivity index (χ1v) is 10.3. The summed E-state index contributed by atoms with van der Waals surface area (Å²) < 4.78 is 19.6. The van der Waals surface area contributed by atoms with Crippen LogP contribution >= 0.6 is 35.7 Å². The fourth-order valence-electron chi connectivity index (χ4n) is 3.51. The highest BCUT2D eigenvalue weighted by molar-refractivity contribution is 14.0. The minimum absolute atomic E-state index is 0. The molecular weight excluding hydrogens is 480 g/mol. The van der Waals surface area contributed by atoms with Gasteiger partial charge in [0, 0.05) is 56.9 Å². The lowest BCUT2D eigenvalue weighted by atomic mass is 9.99. The van der Waals surface area contributed by atoms with Gasteiger partial charge in [-0.05, 0) is 37.7 Å². The number of aliphatic imine (C=N–C) groups is 1. The molecule has 2 N–H and O–H groups in total. The SMILES string of the molecule is CN=C(NCC1(SC)CCOCC1)NC1CCN(c2ncccc2F)C1.I. The highest BCUT2D eigenvalue weighted by Gasteiger charge is 2.32. The average Bonchev–Trinajstić information content (AvgIpc) is 3.14. The number of anilines is 1. The monoisotopic (exact) mass is 509 g/mol. The summed E-state index contributed by atoms with van der Waals surface area (Å²) in [7, 11) is 1.79. The predicted molar refractivity (Wildman–Crippen MR) is 121 cm³/mol. The Hall–Kier alpha value is -0.810. The highest BCUT2D eigenvalue weighted by atomic mass is 127. The number of nitrogens with zero attached hydrogens (tertiary/aromatic N) is 3. The number of rotatable bonds is 5. The maximum atomic E-state index is 13.9. The van der Waals surface area contributed by atoms with Crippen molar-refractivity contribution in [1.29, 1.82) is 0 Å². The normalized spacial score (nSPS) is 22.3. The van der Waals surface area contributed by atoms with Gasteiger partial charge in [0.1, 0.15) is 0 Å². The van der Waals surface area contributed by atoms with Crippen molar-refractivity contribution in [3.63, 3.8) is 0 Å². The summed E-state index contributed by atoms with van der Waals surface area (Å²) in [5.74, 6) is 0.971. The van der Waals surface area contributed by atoms with Crippen LogP contribution in [-0.4, -0.2) is 67.9 Å². The standard InChI is InChI=1S/C18H28FN5OS.HI/c1-20-17(22-13-18(26-2)6-10-25-11-7-18)23-14-5-9-24(12-14)16-15(19)4-3-8-21-16;/h3-4,8,14H,5-7,9-13H2,1-2H3,(H2,20,22,23);1H. The van der Waals surface area contributed by atoms with Crippen molar-refractivity contribution in [1.82, 2.24) is 15.6 Å². The molecule has 0 bridgehead atoms. The van der Waals surface area contributed by atoms with Gasteiger partial charge in [-0.3, -0.25) is 4.99 Å². The molecule has 0 radical (unpaired) electrons. The third-order valence-electron chi connectivity index (χ3n) is 5.21. The molecule has 0 saturated carbocycles. The summed E-state index contributed by atoms with van der Waals surface area (Å²) in [5.41, 5.74) is 0. The van der Waals surface area contributed by atoms with Crippen LogP contribution in [0.25, 0.3) is 0 Å². The van der Waals surface area contributed by atoms with E-state index in [1.54, 1.807) is 19.3 Å². The Balaban J connectivity index is 0.00000261. The number of thioether (sulfide) groups is 1. The molecule has 1 atom stereocenters. The van der Waals surface area contributed by atoms with E-state index >= 15 is 0 Å². The van der Waals surface area contributed by atoms with Crippen molar-refractivity contribution in [2.24, 2.45) is 4.99 Å². The second-order valence-electron chi connectivity index (χ2n) is 6.81. The van der Waals surface area contributed by atoms with Crippen LogP contribution in [0.15, 0.2) is 23.3 Å². The van der Waals surface area contributed by atoms with Crippen molar-refractivity contribution in [2.45, 2.75) is 30.1 Å². The van der Waals surface area contributed by atoms with Gasteiger partial charge < -0.3 is 20.3 Å². The Labute approximate surface area is 182 Å². The van der Waals surface area contributed by atoms with E-state index in [2.05, 4.69) is 26.9 Å². The fourth-order valence-corrected chi connectivity index (χ4v) is 4.30. The number of hydrogen-bond acceptors (Lipinski definition) is 5. The van der Waals surface area contributed by atoms with Gasteiger partial charge in [0.2, 0.25) is 0 Å². The van der Waals surface area contributed by atoms with E-state index in [0.29, 0.717) is 5.82 Å². The second kappa shape index (κ2) is 10.7. The maximum Gasteiger partial charge on any atom is 0.191 e. The van der Waals surface area contributed by atoms with Gasteiger partial charge >= 0.3 is 0 Å². The molecule has 2 aliphatic heterocycles. The molecule has 0 aromatic carbocycles. The van der Waals surface area contributed by atoms with Gasteiger partial charge in [-0.15, -0.1) is 24.0 Å². The Bertz CT molecular complexity index is 630. The summed E-state index contributed by atoms with van der Waals surface area (Å²) in [6.45, 7) is 4.01. The average molecular weight is 509 g/mol. The number of pyridine rings is 1. The largest absolute Gasteiger partial charge is 0.381 e. The molecule has 3 rings (SSSR count). The Morgan fingerprint density at radius 2 is 2.26 bits per heavy atom. The number of halogens is 2. The third kappa shape index (κ3) is 5.83. The molecule has 0 amide bonds. The number of hydrogen-bond donors (Lipinski definition) is 2. The molecule has 6 nitrogen and oxygen atoms in total. The lowest BCUT2D eigenvalue weighted by molar-refractivity contribution is 0.0782. The molecular formula is C18H29FIN5OS. The third-order valence-corrected chi connectivity index (χ3v) is 6.62. The number of guanidine groups is 1. The van der Waals surface area contributed by atoms with Crippen molar-refractivity contribution in [3.8, 4) is 0 Å². The lowest BCUT2D eigenvalue weighted by Crippen LogP contribution is -2.50. The first kappa shape index (κ1) is 22.5. The van der Waals surface area contributed by atoms with E-state index in [1.165, 1.54) is 6.07 Å². The van der Waals surface area contributed by atoms with E-state index in [-0.39, 0.29) is 40.6 Å². The molecule has 152 valence electrons. The van der Waals surface area contributed by atoms with Crippen molar-refractivity contribution < 1.29 is 9.13 Å². The zero-order valence-corrected chi connectivity index (χ0v) is 19.1. The predicted octanol–water partition coefficient (Wildman–Crippen LogP) is 2.49. The van der Waals surface area contributed by atoms with Crippen LogP contribution in [0.2, 0.25) is 0 Å². The zero-order valence-electron chi connectivity index (χ0n) is 15.9. The van der Waals surface area contributed by atoms with Crippen LogP contribution in [0, 0.1) is 5.82 Å². The van der Waals surface area contributed by atoms with Crippen molar-refractivity contribution in [3.05, 3.63) is 24.1 Å². The first-order valence-electron chi connectivity index (χ1n) is 9.11. The molecule has 0 aliphatic carbocycles. The summed E-state index contributed by atoms with van der Waals surface area (Å²) in [4.78, 5) is 10.5. The molecule has 2 fully saturated rings. The molecule has 27 heavy (non-hydrogen) atoms. The number of ether oxygens (including phenoxy) is 1. The molecule has 2 saturated heterocycles. The summed E-state index contributed by atoms with van der Waals surface area (Å²) >= 11 is 1.90. The Morgan fingerprint density at radius 3 is 2.93 bits per heavy atom. The second-order valence-corrected chi connectivity index (χ2v) is 8.08. The summed E-state index contributed by atoms with van der Waals surface area (Å²) in [6.07, 6.45) is 6.83. The number of nitrogens with one attached hydrogen (secondary N) is 2. The zero-order chi connectivity index (χ0) is 18.4. The molecule has 9 heteroatoms. The molecule has 1 aromatic rings. The molecule has 1 aromatic heterocycles. The van der Waals surface area contributed by atoms with Gasteiger partial charge in [0.15, 0.2) is 17.6 Å². The summed E-state index contributed by atoms with van der Waals surface area (Å²) in [5, 5.41) is 6.95. The quantitative estimate of drug-likeness (QED) is 0.362. The number of aromatic nitrogens is 1. The van der Waals surface area contributed by atoms with Crippen LogP contribution in [-0.2, 0) is 4.74 Å². The van der Waals surface area contributed by atoms with Crippen LogP contribution in [0.5, 0.6) is 0 Å². The lowest BCUT2D eigenvalue weighted by Gasteiger charge is -2.36. The van der Waals surface area contributed by atoms with Crippen LogP contribution in [0.1, 0.15) is 19.3 Å². The van der Waals surface area contributed by atoms with Gasteiger partial charge in [0.25, 0.3) is 0 Å². The van der Waals surface area contributed by atoms with E-state index in [1.807, 2.05) is 16.7 Å². The van der Waals surface area contributed by atoms with Crippen LogP contribution in [0.3, 0.4) is 0 Å². The van der Waals surface area contributed by atoms with Gasteiger partial charge in [-0.25, -0.2) is 9.37 Å². The minimum Gasteiger partial charge on any atom is -0.381 e. The van der Waals surface area contributed by atoms with Crippen LogP contribution < -0.4 is 15.5 Å². The maximum absolute atomic E-state index is 13.9. The van der Waals surface area contributed by atoms with Gasteiger partial charge in [-0.2, -0.15) is 11.8 Å². The summed E-state index contributed by atoms with van der Waals surface area (Å²) in [6, 6.07) is 3.30. The van der Waals surface area contributed by atoms with E-state index in [4.69, 9.17) is 4.74 Å². The van der Waals surface area contributed by atoms with Crippen LogP contribution in [0.4, 0.5) is 10.2 Å². The Kier molecular flexibility index (Phi) is 8.87. The molecule has 0 spiro atoms. The van der Waals surface area contributed by atoms with Crippen molar-refractivity contribution >= 4 is 47.5 Å².